The molecule has 0 fully saturated rings. The highest BCUT2D eigenvalue weighted by molar-refractivity contribution is 7.12. The third-order valence-corrected chi connectivity index (χ3v) is 5.34. The maximum Gasteiger partial charge on any atom is 0.106 e. The van der Waals surface area contributed by atoms with Crippen molar-refractivity contribution in [2.75, 3.05) is 6.54 Å². The minimum atomic E-state index is 0.294. The van der Waals surface area contributed by atoms with Gasteiger partial charge < -0.3 is 9.73 Å². The minimum Gasteiger partial charge on any atom is -0.466 e. The van der Waals surface area contributed by atoms with Crippen LogP contribution in [0.15, 0.2) is 16.5 Å². The van der Waals surface area contributed by atoms with Crippen LogP contribution in [0.2, 0.25) is 0 Å². The molecule has 0 radical (unpaired) electrons. The maximum atomic E-state index is 5.74. The van der Waals surface area contributed by atoms with Crippen LogP contribution >= 0.6 is 11.3 Å². The predicted molar refractivity (Wildman–Crippen MR) is 84.7 cm³/mol. The van der Waals surface area contributed by atoms with Gasteiger partial charge in [-0.2, -0.15) is 0 Å². The summed E-state index contributed by atoms with van der Waals surface area (Å²) in [5, 5.41) is 3.70. The van der Waals surface area contributed by atoms with E-state index in [1.165, 1.54) is 29.7 Å². The van der Waals surface area contributed by atoms with E-state index in [1.54, 1.807) is 10.4 Å². The lowest BCUT2D eigenvalue weighted by Crippen LogP contribution is -2.22. The van der Waals surface area contributed by atoms with E-state index in [4.69, 9.17) is 4.42 Å². The van der Waals surface area contributed by atoms with E-state index >= 15 is 0 Å². The van der Waals surface area contributed by atoms with Crippen molar-refractivity contribution < 1.29 is 4.42 Å². The molecule has 2 aromatic rings. The number of fused-ring (bicyclic) bond motifs is 1. The summed E-state index contributed by atoms with van der Waals surface area (Å²) >= 11 is 1.99. The summed E-state index contributed by atoms with van der Waals surface area (Å²) in [6, 6.07) is 4.90. The molecule has 0 spiro atoms. The first-order valence-corrected chi connectivity index (χ1v) is 8.42. The van der Waals surface area contributed by atoms with E-state index < -0.39 is 0 Å². The normalized spacial score (nSPS) is 15.6. The van der Waals surface area contributed by atoms with Crippen molar-refractivity contribution in [1.29, 1.82) is 0 Å². The van der Waals surface area contributed by atoms with Gasteiger partial charge in [0.15, 0.2) is 0 Å². The van der Waals surface area contributed by atoms with Crippen LogP contribution in [0.1, 0.15) is 58.2 Å². The van der Waals surface area contributed by atoms with Crippen molar-refractivity contribution in [2.24, 2.45) is 0 Å². The third-order valence-electron chi connectivity index (χ3n) is 4.04. The minimum absolute atomic E-state index is 0.294. The summed E-state index contributed by atoms with van der Waals surface area (Å²) in [5.41, 5.74) is 2.88. The topological polar surface area (TPSA) is 25.2 Å². The molecular weight excluding hydrogens is 266 g/mol. The average molecular weight is 289 g/mol. The zero-order chi connectivity index (χ0) is 14.1. The van der Waals surface area contributed by atoms with Gasteiger partial charge in [-0.05, 0) is 63.8 Å². The van der Waals surface area contributed by atoms with Crippen LogP contribution in [0.4, 0.5) is 0 Å². The van der Waals surface area contributed by atoms with Gasteiger partial charge in [-0.15, -0.1) is 11.3 Å². The number of nitrogens with one attached hydrogen (secondary N) is 1. The summed E-state index contributed by atoms with van der Waals surface area (Å²) in [7, 11) is 0. The van der Waals surface area contributed by atoms with Gasteiger partial charge in [0.05, 0.1) is 6.04 Å². The van der Waals surface area contributed by atoms with Gasteiger partial charge in [-0.1, -0.05) is 6.92 Å². The molecule has 20 heavy (non-hydrogen) atoms. The predicted octanol–water partition coefficient (Wildman–Crippen LogP) is 4.54. The van der Waals surface area contributed by atoms with Crippen LogP contribution in [0.25, 0.3) is 0 Å². The van der Waals surface area contributed by atoms with Gasteiger partial charge in [0.25, 0.3) is 0 Å². The molecule has 1 N–H and O–H groups in total. The van der Waals surface area contributed by atoms with Crippen LogP contribution in [0.3, 0.4) is 0 Å². The molecule has 0 bridgehead atoms. The molecule has 0 aromatic carbocycles. The van der Waals surface area contributed by atoms with E-state index in [9.17, 15) is 0 Å². The lowest BCUT2D eigenvalue weighted by molar-refractivity contribution is 0.494. The molecule has 0 aliphatic heterocycles. The summed E-state index contributed by atoms with van der Waals surface area (Å²) < 4.78 is 5.74. The van der Waals surface area contributed by atoms with Crippen molar-refractivity contribution in [3.63, 3.8) is 0 Å². The smallest absolute Gasteiger partial charge is 0.106 e. The van der Waals surface area contributed by atoms with E-state index in [1.807, 2.05) is 18.3 Å². The first-order valence-electron chi connectivity index (χ1n) is 7.60. The second kappa shape index (κ2) is 5.74. The Morgan fingerprint density at radius 1 is 1.30 bits per heavy atom. The SMILES string of the molecule is CCCNC(c1cc2c(s1)CCC2)c1cc(C)oc1C. The molecule has 1 unspecified atom stereocenters. The van der Waals surface area contributed by atoms with E-state index in [2.05, 4.69) is 31.3 Å². The lowest BCUT2D eigenvalue weighted by atomic mass is 10.0. The van der Waals surface area contributed by atoms with Gasteiger partial charge in [0, 0.05) is 15.3 Å². The second-order valence-corrected chi connectivity index (χ2v) is 6.87. The molecule has 0 saturated carbocycles. The molecule has 108 valence electrons. The Bertz CT molecular complexity index is 575. The molecule has 0 saturated heterocycles. The highest BCUT2D eigenvalue weighted by Crippen LogP contribution is 2.37. The maximum absolute atomic E-state index is 5.74. The Kier molecular flexibility index (Phi) is 3.99. The standard InChI is InChI=1S/C17H23NOS/c1-4-8-18-17(14-9-11(2)19-12(14)3)16-10-13-6-5-7-15(13)20-16/h9-10,17-18H,4-8H2,1-3H3. The molecule has 2 nitrogen and oxygen atoms in total. The zero-order valence-electron chi connectivity index (χ0n) is 12.6. The quantitative estimate of drug-likeness (QED) is 0.874. The van der Waals surface area contributed by atoms with Gasteiger partial charge in [0.2, 0.25) is 0 Å². The first kappa shape index (κ1) is 13.9. The molecular formula is C17H23NOS. The van der Waals surface area contributed by atoms with E-state index in [0.717, 1.165) is 24.5 Å². The number of hydrogen-bond donors (Lipinski definition) is 1. The molecule has 1 aliphatic rings. The van der Waals surface area contributed by atoms with Crippen molar-refractivity contribution in [1.82, 2.24) is 5.32 Å². The third kappa shape index (κ3) is 2.57. The van der Waals surface area contributed by atoms with Gasteiger partial charge in [-0.3, -0.25) is 0 Å². The van der Waals surface area contributed by atoms with Crippen molar-refractivity contribution in [3.05, 3.63) is 44.5 Å². The van der Waals surface area contributed by atoms with Crippen LogP contribution in [-0.4, -0.2) is 6.54 Å². The molecule has 1 atom stereocenters. The Hall–Kier alpha value is -1.06. The Labute approximate surface area is 125 Å². The van der Waals surface area contributed by atoms with Crippen LogP contribution in [0, 0.1) is 13.8 Å². The number of rotatable bonds is 5. The van der Waals surface area contributed by atoms with Crippen molar-refractivity contribution in [2.45, 2.75) is 52.5 Å². The molecule has 2 heterocycles. The number of hydrogen-bond acceptors (Lipinski definition) is 3. The fraction of sp³-hybridized carbons (Fsp3) is 0.529. The van der Waals surface area contributed by atoms with E-state index in [-0.39, 0.29) is 0 Å². The molecule has 2 aromatic heterocycles. The molecule has 3 rings (SSSR count). The van der Waals surface area contributed by atoms with Crippen LogP contribution < -0.4 is 5.32 Å². The highest BCUT2D eigenvalue weighted by Gasteiger charge is 2.23. The number of furan rings is 1. The zero-order valence-corrected chi connectivity index (χ0v) is 13.4. The molecule has 3 heteroatoms. The van der Waals surface area contributed by atoms with Gasteiger partial charge in [-0.25, -0.2) is 0 Å². The molecule has 1 aliphatic carbocycles. The van der Waals surface area contributed by atoms with Gasteiger partial charge in [0.1, 0.15) is 11.5 Å². The van der Waals surface area contributed by atoms with E-state index in [0.29, 0.717) is 6.04 Å². The highest BCUT2D eigenvalue weighted by atomic mass is 32.1. The number of thiophene rings is 1. The largest absolute Gasteiger partial charge is 0.466 e. The average Bonchev–Trinajstić information content (AvgIpc) is 3.05. The van der Waals surface area contributed by atoms with Crippen LogP contribution in [-0.2, 0) is 12.8 Å². The Morgan fingerprint density at radius 3 is 2.80 bits per heavy atom. The molecule has 0 amide bonds. The van der Waals surface area contributed by atoms with Crippen LogP contribution in [0.5, 0.6) is 0 Å². The number of aryl methyl sites for hydroxylation is 4. The van der Waals surface area contributed by atoms with Gasteiger partial charge >= 0.3 is 0 Å². The summed E-state index contributed by atoms with van der Waals surface area (Å²) in [6.45, 7) is 7.36. The lowest BCUT2D eigenvalue weighted by Gasteiger charge is -2.16. The fourth-order valence-electron chi connectivity index (χ4n) is 3.08. The summed E-state index contributed by atoms with van der Waals surface area (Å²) in [4.78, 5) is 3.05. The summed E-state index contributed by atoms with van der Waals surface area (Å²) in [5.74, 6) is 2.05. The Morgan fingerprint density at radius 2 is 2.15 bits per heavy atom. The van der Waals surface area contributed by atoms with Crippen molar-refractivity contribution in [3.8, 4) is 0 Å². The fourth-order valence-corrected chi connectivity index (χ4v) is 4.44. The van der Waals surface area contributed by atoms with Crippen molar-refractivity contribution >= 4 is 11.3 Å². The summed E-state index contributed by atoms with van der Waals surface area (Å²) in [6.07, 6.45) is 5.01. The monoisotopic (exact) mass is 289 g/mol. The Balaban J connectivity index is 1.94. The first-order chi connectivity index (χ1) is 9.69. The second-order valence-electron chi connectivity index (χ2n) is 5.71.